The van der Waals surface area contributed by atoms with Crippen LogP contribution in [-0.4, -0.2) is 30.6 Å². The summed E-state index contributed by atoms with van der Waals surface area (Å²) in [5.41, 5.74) is 1.30. The lowest BCUT2D eigenvalue weighted by molar-refractivity contribution is 0.422. The Labute approximate surface area is 85.8 Å². The first-order valence-electron chi connectivity index (χ1n) is 5.11. The van der Waals surface area contributed by atoms with E-state index in [0.717, 1.165) is 19.3 Å². The van der Waals surface area contributed by atoms with E-state index < -0.39 is 14.8 Å². The molecule has 0 amide bonds. The van der Waals surface area contributed by atoms with E-state index in [1.807, 2.05) is 13.0 Å². The summed E-state index contributed by atoms with van der Waals surface area (Å²) in [6.45, 7) is 5.15. The third-order valence-electron chi connectivity index (χ3n) is 3.32. The Morgan fingerprint density at radius 2 is 2.07 bits per heavy atom. The average molecular weight is 215 g/mol. The SMILES string of the molecule is CC1=CCN(S(=O)(=O)C2(C)CC2)CC1. The second kappa shape index (κ2) is 3.07. The van der Waals surface area contributed by atoms with Gasteiger partial charge in [0, 0.05) is 13.1 Å². The largest absolute Gasteiger partial charge is 0.219 e. The molecular weight excluding hydrogens is 198 g/mol. The smallest absolute Gasteiger partial charge is 0.212 e. The van der Waals surface area contributed by atoms with Crippen molar-refractivity contribution in [3.05, 3.63) is 11.6 Å². The number of hydrogen-bond donors (Lipinski definition) is 0. The summed E-state index contributed by atoms with van der Waals surface area (Å²) in [6, 6.07) is 0. The van der Waals surface area contributed by atoms with Crippen LogP contribution in [0.4, 0.5) is 0 Å². The van der Waals surface area contributed by atoms with Gasteiger partial charge in [-0.3, -0.25) is 0 Å². The Bertz CT molecular complexity index is 366. The predicted octanol–water partition coefficient (Wildman–Crippen LogP) is 1.52. The summed E-state index contributed by atoms with van der Waals surface area (Å²) in [5.74, 6) is 0. The van der Waals surface area contributed by atoms with E-state index in [4.69, 9.17) is 0 Å². The van der Waals surface area contributed by atoms with Gasteiger partial charge in [0.1, 0.15) is 0 Å². The zero-order chi connectivity index (χ0) is 10.4. The van der Waals surface area contributed by atoms with Crippen LogP contribution in [0.1, 0.15) is 33.1 Å². The second-order valence-corrected chi connectivity index (χ2v) is 7.07. The Kier molecular flexibility index (Phi) is 2.23. The molecule has 0 atom stereocenters. The van der Waals surface area contributed by atoms with Crippen molar-refractivity contribution in [1.29, 1.82) is 0 Å². The van der Waals surface area contributed by atoms with Gasteiger partial charge >= 0.3 is 0 Å². The maximum absolute atomic E-state index is 12.1. The molecule has 0 radical (unpaired) electrons. The Hall–Kier alpha value is -0.350. The van der Waals surface area contributed by atoms with E-state index in [-0.39, 0.29) is 0 Å². The maximum atomic E-state index is 12.1. The third kappa shape index (κ3) is 1.50. The summed E-state index contributed by atoms with van der Waals surface area (Å²) in [7, 11) is -3.02. The molecule has 0 saturated heterocycles. The highest BCUT2D eigenvalue weighted by Crippen LogP contribution is 2.44. The van der Waals surface area contributed by atoms with Gasteiger partial charge < -0.3 is 0 Å². The van der Waals surface area contributed by atoms with Crippen LogP contribution in [0.3, 0.4) is 0 Å². The number of rotatable bonds is 2. The van der Waals surface area contributed by atoms with E-state index in [1.54, 1.807) is 4.31 Å². The van der Waals surface area contributed by atoms with Crippen LogP contribution in [-0.2, 0) is 10.0 Å². The molecule has 0 spiro atoms. The van der Waals surface area contributed by atoms with E-state index in [1.165, 1.54) is 5.57 Å². The third-order valence-corrected chi connectivity index (χ3v) is 5.98. The summed E-state index contributed by atoms with van der Waals surface area (Å²) in [5, 5.41) is 0. The molecule has 14 heavy (non-hydrogen) atoms. The molecule has 0 aromatic heterocycles. The highest BCUT2D eigenvalue weighted by molar-refractivity contribution is 7.90. The lowest BCUT2D eigenvalue weighted by Crippen LogP contribution is -2.41. The molecule has 1 heterocycles. The Morgan fingerprint density at radius 1 is 1.43 bits per heavy atom. The minimum atomic E-state index is -3.02. The van der Waals surface area contributed by atoms with Crippen LogP contribution in [0.25, 0.3) is 0 Å². The quantitative estimate of drug-likeness (QED) is 0.655. The molecule has 0 unspecified atom stereocenters. The van der Waals surface area contributed by atoms with Crippen molar-refractivity contribution in [1.82, 2.24) is 4.31 Å². The molecule has 0 aromatic carbocycles. The molecule has 1 aliphatic carbocycles. The van der Waals surface area contributed by atoms with E-state index in [2.05, 4.69) is 6.92 Å². The molecular formula is C10H17NO2S. The fourth-order valence-corrected chi connectivity index (χ4v) is 3.56. The van der Waals surface area contributed by atoms with Crippen LogP contribution in [0.15, 0.2) is 11.6 Å². The standard InChI is InChI=1S/C10H17NO2S/c1-9-3-7-11(8-4-9)14(12,13)10(2)5-6-10/h3H,4-8H2,1-2H3. The summed E-state index contributed by atoms with van der Waals surface area (Å²) < 4.78 is 25.3. The monoisotopic (exact) mass is 215 g/mol. The molecule has 0 bridgehead atoms. The van der Waals surface area contributed by atoms with Crippen LogP contribution < -0.4 is 0 Å². The van der Waals surface area contributed by atoms with Gasteiger partial charge in [-0.25, -0.2) is 8.42 Å². The molecule has 1 saturated carbocycles. The number of nitrogens with zero attached hydrogens (tertiary/aromatic N) is 1. The lowest BCUT2D eigenvalue weighted by Gasteiger charge is -2.27. The molecule has 80 valence electrons. The van der Waals surface area contributed by atoms with Gasteiger partial charge in [0.25, 0.3) is 0 Å². The maximum Gasteiger partial charge on any atom is 0.219 e. The van der Waals surface area contributed by atoms with Gasteiger partial charge in [-0.2, -0.15) is 4.31 Å². The summed E-state index contributed by atoms with van der Waals surface area (Å²) >= 11 is 0. The highest BCUT2D eigenvalue weighted by Gasteiger charge is 2.52. The van der Waals surface area contributed by atoms with Crippen LogP contribution >= 0.6 is 0 Å². The number of hydrogen-bond acceptors (Lipinski definition) is 2. The van der Waals surface area contributed by atoms with Crippen molar-refractivity contribution in [2.45, 2.75) is 37.9 Å². The Balaban J connectivity index is 2.17. The molecule has 1 fully saturated rings. The van der Waals surface area contributed by atoms with Crippen LogP contribution in [0.5, 0.6) is 0 Å². The Morgan fingerprint density at radius 3 is 2.50 bits per heavy atom. The van der Waals surface area contributed by atoms with Crippen molar-refractivity contribution in [2.24, 2.45) is 0 Å². The minimum absolute atomic E-state index is 0.438. The van der Waals surface area contributed by atoms with E-state index >= 15 is 0 Å². The fraction of sp³-hybridized carbons (Fsp3) is 0.800. The van der Waals surface area contributed by atoms with Crippen LogP contribution in [0.2, 0.25) is 0 Å². The normalized spacial score (nSPS) is 27.1. The van der Waals surface area contributed by atoms with Crippen molar-refractivity contribution in [3.8, 4) is 0 Å². The van der Waals surface area contributed by atoms with Crippen molar-refractivity contribution in [3.63, 3.8) is 0 Å². The topological polar surface area (TPSA) is 37.4 Å². The summed E-state index contributed by atoms with van der Waals surface area (Å²) in [6.07, 6.45) is 4.56. The van der Waals surface area contributed by atoms with Crippen LogP contribution in [0, 0.1) is 0 Å². The van der Waals surface area contributed by atoms with Crippen molar-refractivity contribution in [2.75, 3.05) is 13.1 Å². The first-order chi connectivity index (χ1) is 6.46. The second-order valence-electron chi connectivity index (χ2n) is 4.61. The van der Waals surface area contributed by atoms with Gasteiger partial charge in [0.15, 0.2) is 0 Å². The van der Waals surface area contributed by atoms with E-state index in [9.17, 15) is 8.42 Å². The highest BCUT2D eigenvalue weighted by atomic mass is 32.2. The van der Waals surface area contributed by atoms with Gasteiger partial charge in [-0.1, -0.05) is 11.6 Å². The first-order valence-corrected chi connectivity index (χ1v) is 6.55. The molecule has 0 aromatic rings. The number of sulfonamides is 1. The van der Waals surface area contributed by atoms with Crippen molar-refractivity contribution >= 4 is 10.0 Å². The first kappa shape index (κ1) is 10.2. The van der Waals surface area contributed by atoms with Gasteiger partial charge in [0.05, 0.1) is 4.75 Å². The zero-order valence-electron chi connectivity index (χ0n) is 8.78. The summed E-state index contributed by atoms with van der Waals surface area (Å²) in [4.78, 5) is 0. The minimum Gasteiger partial charge on any atom is -0.212 e. The molecule has 2 aliphatic rings. The molecule has 4 heteroatoms. The fourth-order valence-electron chi connectivity index (χ4n) is 1.72. The lowest BCUT2D eigenvalue weighted by atomic mass is 10.1. The van der Waals surface area contributed by atoms with Gasteiger partial charge in [-0.05, 0) is 33.1 Å². The zero-order valence-corrected chi connectivity index (χ0v) is 9.60. The molecule has 1 aliphatic heterocycles. The van der Waals surface area contributed by atoms with E-state index in [0.29, 0.717) is 13.1 Å². The predicted molar refractivity (Wildman–Crippen MR) is 56.5 cm³/mol. The average Bonchev–Trinajstić information content (AvgIpc) is 2.86. The van der Waals surface area contributed by atoms with Gasteiger partial charge in [-0.15, -0.1) is 0 Å². The van der Waals surface area contributed by atoms with Gasteiger partial charge in [0.2, 0.25) is 10.0 Å². The van der Waals surface area contributed by atoms with Crippen molar-refractivity contribution < 1.29 is 8.42 Å². The molecule has 2 rings (SSSR count). The molecule has 0 N–H and O–H groups in total. The molecule has 3 nitrogen and oxygen atoms in total.